The lowest BCUT2D eigenvalue weighted by Crippen LogP contribution is -2.47. The zero-order chi connectivity index (χ0) is 22.2. The fourth-order valence-corrected chi connectivity index (χ4v) is 4.22. The number of nitrogens with one attached hydrogen (secondary N) is 1. The first kappa shape index (κ1) is 22.1. The van der Waals surface area contributed by atoms with Gasteiger partial charge in [-0.2, -0.15) is 0 Å². The summed E-state index contributed by atoms with van der Waals surface area (Å²) in [5.41, 5.74) is 4.12. The molecule has 0 aliphatic carbocycles. The number of rotatable bonds is 8. The maximum absolute atomic E-state index is 12.0. The molecule has 0 spiro atoms. The lowest BCUT2D eigenvalue weighted by Gasteiger charge is -2.39. The van der Waals surface area contributed by atoms with E-state index >= 15 is 0 Å². The SMILES string of the molecule is O=C(NCCO)c1ccc(CN2CCN(C(c3ccccc3)c3ccccc3)CC2)nc1. The van der Waals surface area contributed by atoms with Crippen molar-refractivity contribution in [2.24, 2.45) is 0 Å². The van der Waals surface area contributed by atoms with Crippen molar-refractivity contribution in [1.29, 1.82) is 0 Å². The molecule has 0 unspecified atom stereocenters. The Morgan fingerprint density at radius 2 is 1.53 bits per heavy atom. The number of aromatic nitrogens is 1. The van der Waals surface area contributed by atoms with Crippen LogP contribution in [-0.4, -0.2) is 65.1 Å². The summed E-state index contributed by atoms with van der Waals surface area (Å²) in [6, 6.07) is 25.4. The average Bonchev–Trinajstić information content (AvgIpc) is 2.85. The van der Waals surface area contributed by atoms with Gasteiger partial charge in [0.1, 0.15) is 0 Å². The smallest absolute Gasteiger partial charge is 0.252 e. The van der Waals surface area contributed by atoms with Crippen LogP contribution in [0.15, 0.2) is 79.0 Å². The molecule has 6 heteroatoms. The quantitative estimate of drug-likeness (QED) is 0.575. The number of amides is 1. The highest BCUT2D eigenvalue weighted by atomic mass is 16.3. The van der Waals surface area contributed by atoms with Crippen LogP contribution >= 0.6 is 0 Å². The van der Waals surface area contributed by atoms with E-state index in [1.807, 2.05) is 6.07 Å². The number of carbonyl (C=O) groups excluding carboxylic acids is 1. The van der Waals surface area contributed by atoms with E-state index in [1.54, 1.807) is 12.3 Å². The van der Waals surface area contributed by atoms with Gasteiger partial charge in [-0.1, -0.05) is 60.7 Å². The molecule has 0 saturated carbocycles. The molecule has 2 aromatic carbocycles. The number of aliphatic hydroxyl groups excluding tert-OH is 1. The number of carbonyl (C=O) groups is 1. The minimum Gasteiger partial charge on any atom is -0.395 e. The highest BCUT2D eigenvalue weighted by Gasteiger charge is 2.26. The van der Waals surface area contributed by atoms with Crippen LogP contribution < -0.4 is 5.32 Å². The van der Waals surface area contributed by atoms with Gasteiger partial charge in [0.2, 0.25) is 0 Å². The summed E-state index contributed by atoms with van der Waals surface area (Å²) in [5, 5.41) is 11.5. The van der Waals surface area contributed by atoms with E-state index < -0.39 is 0 Å². The van der Waals surface area contributed by atoms with Gasteiger partial charge in [0.05, 0.1) is 23.9 Å². The zero-order valence-electron chi connectivity index (χ0n) is 18.2. The Kier molecular flexibility index (Phi) is 7.61. The van der Waals surface area contributed by atoms with Crippen molar-refractivity contribution in [3.05, 3.63) is 101 Å². The average molecular weight is 431 g/mol. The van der Waals surface area contributed by atoms with E-state index in [2.05, 4.69) is 80.8 Å². The molecule has 1 aromatic heterocycles. The lowest BCUT2D eigenvalue weighted by atomic mass is 9.96. The number of aliphatic hydroxyl groups is 1. The summed E-state index contributed by atoms with van der Waals surface area (Å²) in [6.45, 7) is 4.85. The first-order chi connectivity index (χ1) is 15.7. The van der Waals surface area contributed by atoms with Crippen molar-refractivity contribution in [2.75, 3.05) is 39.3 Å². The van der Waals surface area contributed by atoms with E-state index in [4.69, 9.17) is 5.11 Å². The van der Waals surface area contributed by atoms with E-state index in [9.17, 15) is 4.79 Å². The monoisotopic (exact) mass is 430 g/mol. The maximum atomic E-state index is 12.0. The summed E-state index contributed by atoms with van der Waals surface area (Å²) < 4.78 is 0. The Balaban J connectivity index is 1.37. The minimum absolute atomic E-state index is 0.0708. The van der Waals surface area contributed by atoms with Crippen molar-refractivity contribution in [3.63, 3.8) is 0 Å². The second-order valence-electron chi connectivity index (χ2n) is 8.05. The number of nitrogens with zero attached hydrogens (tertiary/aromatic N) is 3. The minimum atomic E-state index is -0.209. The van der Waals surface area contributed by atoms with Gasteiger partial charge in [-0.3, -0.25) is 19.6 Å². The fraction of sp³-hybridized carbons (Fsp3) is 0.308. The van der Waals surface area contributed by atoms with Crippen LogP contribution in [0.2, 0.25) is 0 Å². The molecule has 3 aromatic rings. The molecule has 2 heterocycles. The molecule has 1 aliphatic heterocycles. The van der Waals surface area contributed by atoms with Crippen LogP contribution in [0, 0.1) is 0 Å². The highest BCUT2D eigenvalue weighted by molar-refractivity contribution is 5.93. The normalized spacial score (nSPS) is 15.1. The van der Waals surface area contributed by atoms with Crippen LogP contribution in [-0.2, 0) is 6.54 Å². The van der Waals surface area contributed by atoms with Gasteiger partial charge in [0, 0.05) is 45.5 Å². The molecule has 6 nitrogen and oxygen atoms in total. The summed E-state index contributed by atoms with van der Waals surface area (Å²) in [7, 11) is 0. The summed E-state index contributed by atoms with van der Waals surface area (Å²) in [6.07, 6.45) is 1.61. The molecule has 0 radical (unpaired) electrons. The Morgan fingerprint density at radius 3 is 2.06 bits per heavy atom. The number of benzene rings is 2. The predicted molar refractivity (Wildman–Crippen MR) is 125 cm³/mol. The van der Waals surface area contributed by atoms with Crippen LogP contribution in [0.4, 0.5) is 0 Å². The molecule has 1 amide bonds. The maximum Gasteiger partial charge on any atom is 0.252 e. The largest absolute Gasteiger partial charge is 0.395 e. The molecule has 166 valence electrons. The second kappa shape index (κ2) is 11.0. The van der Waals surface area contributed by atoms with Crippen molar-refractivity contribution < 1.29 is 9.90 Å². The van der Waals surface area contributed by atoms with Gasteiger partial charge in [-0.25, -0.2) is 0 Å². The van der Waals surface area contributed by atoms with Gasteiger partial charge < -0.3 is 10.4 Å². The molecule has 2 N–H and O–H groups in total. The molecule has 1 saturated heterocycles. The number of piperazine rings is 1. The summed E-state index contributed by atoms with van der Waals surface area (Å²) in [5.74, 6) is -0.209. The van der Waals surface area contributed by atoms with Crippen LogP contribution in [0.25, 0.3) is 0 Å². The Morgan fingerprint density at radius 1 is 0.906 bits per heavy atom. The molecule has 1 aliphatic rings. The molecule has 0 bridgehead atoms. The van der Waals surface area contributed by atoms with E-state index in [0.717, 1.165) is 38.4 Å². The molecular formula is C26H30N4O2. The number of pyridine rings is 1. The van der Waals surface area contributed by atoms with Crippen molar-refractivity contribution in [3.8, 4) is 0 Å². The number of hydrogen-bond donors (Lipinski definition) is 2. The highest BCUT2D eigenvalue weighted by Crippen LogP contribution is 2.29. The predicted octanol–water partition coefficient (Wildman–Crippen LogP) is 2.71. The first-order valence-electron chi connectivity index (χ1n) is 11.1. The fourth-order valence-electron chi connectivity index (χ4n) is 4.22. The molecule has 1 fully saturated rings. The van der Waals surface area contributed by atoms with E-state index in [0.29, 0.717) is 5.56 Å². The van der Waals surface area contributed by atoms with Crippen LogP contribution in [0.1, 0.15) is 33.2 Å². The summed E-state index contributed by atoms with van der Waals surface area (Å²) >= 11 is 0. The Labute approximate surface area is 189 Å². The number of hydrogen-bond acceptors (Lipinski definition) is 5. The van der Waals surface area contributed by atoms with Gasteiger partial charge in [-0.05, 0) is 23.3 Å². The van der Waals surface area contributed by atoms with Gasteiger partial charge in [-0.15, -0.1) is 0 Å². The van der Waals surface area contributed by atoms with E-state index in [1.165, 1.54) is 11.1 Å². The van der Waals surface area contributed by atoms with Crippen molar-refractivity contribution in [1.82, 2.24) is 20.1 Å². The van der Waals surface area contributed by atoms with Gasteiger partial charge in [0.15, 0.2) is 0 Å². The van der Waals surface area contributed by atoms with Crippen molar-refractivity contribution in [2.45, 2.75) is 12.6 Å². The summed E-state index contributed by atoms with van der Waals surface area (Å²) in [4.78, 5) is 21.4. The van der Waals surface area contributed by atoms with Gasteiger partial charge in [0.25, 0.3) is 5.91 Å². The van der Waals surface area contributed by atoms with Gasteiger partial charge >= 0.3 is 0 Å². The van der Waals surface area contributed by atoms with Crippen LogP contribution in [0.3, 0.4) is 0 Å². The standard InChI is InChI=1S/C26H30N4O2/c31-18-13-27-26(32)23-11-12-24(28-19-23)20-29-14-16-30(17-15-29)25(21-7-3-1-4-8-21)22-9-5-2-6-10-22/h1-12,19,25,31H,13-18,20H2,(H,27,32). The topological polar surface area (TPSA) is 68.7 Å². The Bertz CT molecular complexity index is 932. The molecule has 0 atom stereocenters. The van der Waals surface area contributed by atoms with E-state index in [-0.39, 0.29) is 25.1 Å². The third-order valence-electron chi connectivity index (χ3n) is 5.87. The molecular weight excluding hydrogens is 400 g/mol. The van der Waals surface area contributed by atoms with Crippen LogP contribution in [0.5, 0.6) is 0 Å². The van der Waals surface area contributed by atoms with Crippen molar-refractivity contribution >= 4 is 5.91 Å². The molecule has 32 heavy (non-hydrogen) atoms. The third kappa shape index (κ3) is 5.59. The third-order valence-corrected chi connectivity index (χ3v) is 5.87. The lowest BCUT2D eigenvalue weighted by molar-refractivity contribution is 0.0944. The Hall–Kier alpha value is -3.06. The first-order valence-corrected chi connectivity index (χ1v) is 11.1. The zero-order valence-corrected chi connectivity index (χ0v) is 18.2. The second-order valence-corrected chi connectivity index (χ2v) is 8.05. The molecule has 4 rings (SSSR count).